The van der Waals surface area contributed by atoms with Crippen LogP contribution in [0.4, 0.5) is 4.79 Å². The van der Waals surface area contributed by atoms with E-state index in [1.165, 1.54) is 5.56 Å². The molecule has 0 aliphatic carbocycles. The minimum absolute atomic E-state index is 0.0548. The molecule has 4 heterocycles. The maximum atomic E-state index is 12.0. The summed E-state index contributed by atoms with van der Waals surface area (Å²) < 4.78 is 11.3. The van der Waals surface area contributed by atoms with Gasteiger partial charge in [0.2, 0.25) is 0 Å². The smallest absolute Gasteiger partial charge is 0.317 e. The highest BCUT2D eigenvalue weighted by atomic mass is 16.5. The van der Waals surface area contributed by atoms with Crippen molar-refractivity contribution in [3.63, 3.8) is 0 Å². The van der Waals surface area contributed by atoms with Gasteiger partial charge in [-0.05, 0) is 37.7 Å². The van der Waals surface area contributed by atoms with Gasteiger partial charge >= 0.3 is 6.03 Å². The number of ether oxygens (including phenoxy) is 1. The number of rotatable bonds is 4. The Balaban J connectivity index is 1.16. The minimum Gasteiger partial charge on any atom is -0.472 e. The topological polar surface area (TPSA) is 58.0 Å². The van der Waals surface area contributed by atoms with E-state index in [2.05, 4.69) is 10.2 Å². The number of furan rings is 1. The van der Waals surface area contributed by atoms with E-state index in [1.807, 2.05) is 17.2 Å². The van der Waals surface area contributed by atoms with Gasteiger partial charge in [0.05, 0.1) is 24.7 Å². The van der Waals surface area contributed by atoms with Crippen LogP contribution in [0.3, 0.4) is 0 Å². The Kier molecular flexibility index (Phi) is 4.50. The van der Waals surface area contributed by atoms with Crippen molar-refractivity contribution in [3.8, 4) is 0 Å². The van der Waals surface area contributed by atoms with Gasteiger partial charge in [-0.2, -0.15) is 0 Å². The minimum atomic E-state index is 0.0548. The molecule has 3 saturated heterocycles. The average molecular weight is 333 g/mol. The fourth-order valence-electron chi connectivity index (χ4n) is 4.11. The summed E-state index contributed by atoms with van der Waals surface area (Å²) in [6, 6.07) is 2.12. The summed E-state index contributed by atoms with van der Waals surface area (Å²) in [7, 11) is 0. The molecule has 1 N–H and O–H groups in total. The molecule has 3 aliphatic heterocycles. The van der Waals surface area contributed by atoms with E-state index in [0.29, 0.717) is 5.92 Å². The molecule has 3 fully saturated rings. The van der Waals surface area contributed by atoms with Crippen LogP contribution in [0.15, 0.2) is 23.0 Å². The number of amides is 2. The Bertz CT molecular complexity index is 538. The number of carbonyl (C=O) groups is 1. The largest absolute Gasteiger partial charge is 0.472 e. The standard InChI is InChI=1S/C18H27N3O3/c22-17(21-6-1-2-7-21)19-9-15-3-5-18(24-12-15)13-20(14-18)10-16-4-8-23-11-16/h4,8,11,15H,1-3,5-7,9-10,12-14H2,(H,19,22). The van der Waals surface area contributed by atoms with E-state index in [1.54, 1.807) is 6.26 Å². The lowest BCUT2D eigenvalue weighted by atomic mass is 9.83. The third-order valence-electron chi connectivity index (χ3n) is 5.58. The molecule has 4 rings (SSSR count). The van der Waals surface area contributed by atoms with Crippen LogP contribution in [-0.4, -0.2) is 60.8 Å². The van der Waals surface area contributed by atoms with Gasteiger partial charge in [0.25, 0.3) is 0 Å². The van der Waals surface area contributed by atoms with Crippen LogP contribution in [0, 0.1) is 5.92 Å². The molecular weight excluding hydrogens is 306 g/mol. The van der Waals surface area contributed by atoms with E-state index in [9.17, 15) is 4.79 Å². The van der Waals surface area contributed by atoms with Crippen molar-refractivity contribution >= 4 is 6.03 Å². The van der Waals surface area contributed by atoms with Gasteiger partial charge in [-0.15, -0.1) is 0 Å². The molecule has 0 saturated carbocycles. The van der Waals surface area contributed by atoms with Gasteiger partial charge in [0, 0.05) is 44.8 Å². The molecule has 1 aromatic heterocycles. The summed E-state index contributed by atoms with van der Waals surface area (Å²) in [6.45, 7) is 6.27. The van der Waals surface area contributed by atoms with Crippen LogP contribution >= 0.6 is 0 Å². The quantitative estimate of drug-likeness (QED) is 0.916. The van der Waals surface area contributed by atoms with E-state index >= 15 is 0 Å². The molecule has 132 valence electrons. The first kappa shape index (κ1) is 16.0. The van der Waals surface area contributed by atoms with Gasteiger partial charge in [-0.25, -0.2) is 4.79 Å². The van der Waals surface area contributed by atoms with Crippen molar-refractivity contribution in [2.75, 3.05) is 39.3 Å². The highest BCUT2D eigenvalue weighted by Gasteiger charge is 2.46. The Morgan fingerprint density at radius 1 is 1.33 bits per heavy atom. The third-order valence-corrected chi connectivity index (χ3v) is 5.58. The van der Waals surface area contributed by atoms with Crippen LogP contribution in [0.2, 0.25) is 0 Å². The third kappa shape index (κ3) is 3.44. The normalized spacial score (nSPS) is 26.5. The lowest BCUT2D eigenvalue weighted by Gasteiger charge is -2.53. The number of urea groups is 1. The average Bonchev–Trinajstić information content (AvgIpc) is 3.26. The molecule has 0 aromatic carbocycles. The maximum absolute atomic E-state index is 12.0. The summed E-state index contributed by atoms with van der Waals surface area (Å²) in [5, 5.41) is 3.08. The molecule has 3 aliphatic rings. The van der Waals surface area contributed by atoms with E-state index < -0.39 is 0 Å². The predicted octanol–water partition coefficient (Wildman–Crippen LogP) is 2.07. The van der Waals surface area contributed by atoms with Crippen molar-refractivity contribution < 1.29 is 13.9 Å². The van der Waals surface area contributed by atoms with E-state index in [-0.39, 0.29) is 11.6 Å². The zero-order valence-corrected chi connectivity index (χ0v) is 14.2. The monoisotopic (exact) mass is 333 g/mol. The second kappa shape index (κ2) is 6.76. The van der Waals surface area contributed by atoms with Gasteiger partial charge in [-0.1, -0.05) is 0 Å². The zero-order valence-electron chi connectivity index (χ0n) is 14.2. The van der Waals surface area contributed by atoms with Crippen molar-refractivity contribution in [1.82, 2.24) is 15.1 Å². The fraction of sp³-hybridized carbons (Fsp3) is 0.722. The molecule has 0 radical (unpaired) electrons. The van der Waals surface area contributed by atoms with Gasteiger partial charge < -0.3 is 19.4 Å². The molecular formula is C18H27N3O3. The van der Waals surface area contributed by atoms with E-state index in [4.69, 9.17) is 9.15 Å². The van der Waals surface area contributed by atoms with Crippen molar-refractivity contribution in [3.05, 3.63) is 24.2 Å². The summed E-state index contributed by atoms with van der Waals surface area (Å²) in [6.07, 6.45) is 8.05. The Labute approximate surface area is 143 Å². The number of likely N-dealkylation sites (tertiary alicyclic amines) is 2. The molecule has 2 amide bonds. The lowest BCUT2D eigenvalue weighted by Crippen LogP contribution is -2.64. The fourth-order valence-corrected chi connectivity index (χ4v) is 4.11. The van der Waals surface area contributed by atoms with Crippen LogP contribution < -0.4 is 5.32 Å². The number of hydrogen-bond donors (Lipinski definition) is 1. The summed E-state index contributed by atoms with van der Waals surface area (Å²) in [5.74, 6) is 0.449. The number of hydrogen-bond acceptors (Lipinski definition) is 4. The predicted molar refractivity (Wildman–Crippen MR) is 89.6 cm³/mol. The maximum Gasteiger partial charge on any atom is 0.317 e. The van der Waals surface area contributed by atoms with Crippen molar-refractivity contribution in [2.45, 2.75) is 37.8 Å². The first-order valence-corrected chi connectivity index (χ1v) is 9.13. The Morgan fingerprint density at radius 3 is 2.83 bits per heavy atom. The van der Waals surface area contributed by atoms with Gasteiger partial charge in [0.1, 0.15) is 0 Å². The SMILES string of the molecule is O=C(NCC1CCC2(CN(Cc3ccoc3)C2)OC1)N1CCCC1. The summed E-state index contributed by atoms with van der Waals surface area (Å²) in [5.41, 5.74) is 1.28. The van der Waals surface area contributed by atoms with Crippen LogP contribution in [0.25, 0.3) is 0 Å². The molecule has 6 heteroatoms. The number of carbonyl (C=O) groups excluding carboxylic acids is 1. The molecule has 24 heavy (non-hydrogen) atoms. The second-order valence-corrected chi connectivity index (χ2v) is 7.56. The Hall–Kier alpha value is -1.53. The summed E-state index contributed by atoms with van der Waals surface area (Å²) >= 11 is 0. The van der Waals surface area contributed by atoms with Gasteiger partial charge in [0.15, 0.2) is 0 Å². The van der Waals surface area contributed by atoms with Crippen LogP contribution in [0.5, 0.6) is 0 Å². The second-order valence-electron chi connectivity index (χ2n) is 7.56. The van der Waals surface area contributed by atoms with Crippen LogP contribution in [-0.2, 0) is 11.3 Å². The number of nitrogens with one attached hydrogen (secondary N) is 1. The lowest BCUT2D eigenvalue weighted by molar-refractivity contribution is -0.181. The molecule has 1 aromatic rings. The van der Waals surface area contributed by atoms with Crippen molar-refractivity contribution in [2.24, 2.45) is 5.92 Å². The molecule has 6 nitrogen and oxygen atoms in total. The molecule has 1 spiro atoms. The van der Waals surface area contributed by atoms with E-state index in [0.717, 1.165) is 71.6 Å². The van der Waals surface area contributed by atoms with Crippen molar-refractivity contribution in [1.29, 1.82) is 0 Å². The molecule has 0 bridgehead atoms. The number of nitrogens with zero attached hydrogens (tertiary/aromatic N) is 2. The molecule has 1 atom stereocenters. The zero-order chi connectivity index (χ0) is 16.4. The highest BCUT2D eigenvalue weighted by molar-refractivity contribution is 5.74. The van der Waals surface area contributed by atoms with Gasteiger partial charge in [-0.3, -0.25) is 4.90 Å². The molecule has 1 unspecified atom stereocenters. The highest BCUT2D eigenvalue weighted by Crippen LogP contribution is 2.36. The van der Waals surface area contributed by atoms with Crippen LogP contribution in [0.1, 0.15) is 31.2 Å². The first-order valence-electron chi connectivity index (χ1n) is 9.13. The Morgan fingerprint density at radius 2 is 2.17 bits per heavy atom. The summed E-state index contributed by atoms with van der Waals surface area (Å²) in [4.78, 5) is 16.4. The first-order chi connectivity index (χ1) is 11.7.